The Morgan fingerprint density at radius 2 is 2.11 bits per heavy atom. The third-order valence-electron chi connectivity index (χ3n) is 3.11. The summed E-state index contributed by atoms with van der Waals surface area (Å²) in [5.41, 5.74) is 5.69. The van der Waals surface area contributed by atoms with E-state index in [1.165, 1.54) is 18.2 Å². The van der Waals surface area contributed by atoms with Crippen LogP contribution in [-0.2, 0) is 0 Å². The smallest absolute Gasteiger partial charge is 0.387 e. The lowest BCUT2D eigenvalue weighted by molar-refractivity contribution is -0.0501. The van der Waals surface area contributed by atoms with Crippen LogP contribution < -0.4 is 15.8 Å². The number of para-hydroxylation sites is 1. The first-order valence-corrected chi connectivity index (χ1v) is 6.16. The minimum atomic E-state index is -2.96. The molecule has 6 heteroatoms. The maximum atomic E-state index is 12.3. The molecular weight excluding hydrogens is 254 g/mol. The minimum Gasteiger partial charge on any atom is -0.434 e. The van der Waals surface area contributed by atoms with Crippen molar-refractivity contribution in [1.29, 1.82) is 0 Å². The Bertz CT molecular complexity index is 450. The van der Waals surface area contributed by atoms with Gasteiger partial charge in [0.15, 0.2) is 0 Å². The summed E-state index contributed by atoms with van der Waals surface area (Å²) >= 11 is 0. The number of nitrogens with one attached hydrogen (secondary N) is 1. The van der Waals surface area contributed by atoms with Gasteiger partial charge in [-0.05, 0) is 30.9 Å². The Balaban J connectivity index is 2.09. The van der Waals surface area contributed by atoms with Gasteiger partial charge in [0.2, 0.25) is 0 Å². The average Bonchev–Trinajstić information content (AvgIpc) is 3.20. The molecule has 0 radical (unpaired) electrons. The lowest BCUT2D eigenvalue weighted by atomic mass is 10.1. The highest BCUT2D eigenvalue weighted by molar-refractivity contribution is 5.97. The van der Waals surface area contributed by atoms with E-state index < -0.39 is 12.5 Å². The summed E-state index contributed by atoms with van der Waals surface area (Å²) in [6.45, 7) is -2.61. The quantitative estimate of drug-likeness (QED) is 0.827. The zero-order valence-corrected chi connectivity index (χ0v) is 10.3. The van der Waals surface area contributed by atoms with Crippen LogP contribution in [0.2, 0.25) is 0 Å². The van der Waals surface area contributed by atoms with E-state index in [-0.39, 0.29) is 17.4 Å². The van der Waals surface area contributed by atoms with Crippen LogP contribution in [0.4, 0.5) is 8.78 Å². The topological polar surface area (TPSA) is 64.3 Å². The third kappa shape index (κ3) is 3.64. The summed E-state index contributed by atoms with van der Waals surface area (Å²) in [4.78, 5) is 12.1. The predicted octanol–water partition coefficient (Wildman–Crippen LogP) is 1.76. The van der Waals surface area contributed by atoms with Crippen molar-refractivity contribution < 1.29 is 18.3 Å². The van der Waals surface area contributed by atoms with E-state index in [4.69, 9.17) is 5.73 Å². The molecule has 0 aromatic heterocycles. The fourth-order valence-electron chi connectivity index (χ4n) is 1.97. The van der Waals surface area contributed by atoms with Crippen molar-refractivity contribution in [2.75, 3.05) is 6.54 Å². The van der Waals surface area contributed by atoms with E-state index in [0.717, 1.165) is 12.8 Å². The molecule has 2 rings (SSSR count). The molecule has 1 aromatic carbocycles. The Morgan fingerprint density at radius 3 is 2.68 bits per heavy atom. The normalized spacial score (nSPS) is 16.2. The molecule has 0 bridgehead atoms. The first-order valence-electron chi connectivity index (χ1n) is 6.16. The molecule has 1 unspecified atom stereocenters. The molecule has 104 valence electrons. The van der Waals surface area contributed by atoms with Gasteiger partial charge in [0.25, 0.3) is 5.91 Å². The number of alkyl halides is 2. The zero-order chi connectivity index (χ0) is 13.8. The van der Waals surface area contributed by atoms with E-state index in [9.17, 15) is 13.6 Å². The lowest BCUT2D eigenvalue weighted by Gasteiger charge is -2.17. The molecule has 1 fully saturated rings. The fraction of sp³-hybridized carbons (Fsp3) is 0.462. The van der Waals surface area contributed by atoms with E-state index in [1.54, 1.807) is 6.07 Å². The van der Waals surface area contributed by atoms with Crippen molar-refractivity contribution in [2.45, 2.75) is 25.5 Å². The second kappa shape index (κ2) is 5.97. The number of rotatable bonds is 6. The number of ether oxygens (including phenoxy) is 1. The molecule has 0 spiro atoms. The summed E-state index contributed by atoms with van der Waals surface area (Å²) < 4.78 is 28.8. The first-order chi connectivity index (χ1) is 9.11. The van der Waals surface area contributed by atoms with Gasteiger partial charge in [0, 0.05) is 12.6 Å². The van der Waals surface area contributed by atoms with Crippen molar-refractivity contribution in [3.8, 4) is 5.75 Å². The number of amides is 1. The number of hydrogen-bond donors (Lipinski definition) is 2. The monoisotopic (exact) mass is 270 g/mol. The SMILES string of the molecule is NCC(NC(=O)c1ccccc1OC(F)F)C1CC1. The van der Waals surface area contributed by atoms with Gasteiger partial charge < -0.3 is 15.8 Å². The fourth-order valence-corrected chi connectivity index (χ4v) is 1.97. The van der Waals surface area contributed by atoms with E-state index in [2.05, 4.69) is 10.1 Å². The van der Waals surface area contributed by atoms with Crippen molar-refractivity contribution >= 4 is 5.91 Å². The van der Waals surface area contributed by atoms with Crippen molar-refractivity contribution in [1.82, 2.24) is 5.32 Å². The van der Waals surface area contributed by atoms with Crippen LogP contribution in [0.5, 0.6) is 5.75 Å². The van der Waals surface area contributed by atoms with Crippen LogP contribution in [0.15, 0.2) is 24.3 Å². The standard InChI is InChI=1S/C13H16F2N2O2/c14-13(15)19-11-4-2-1-3-9(11)12(18)17-10(7-16)8-5-6-8/h1-4,8,10,13H,5-7,16H2,(H,17,18). The van der Waals surface area contributed by atoms with Crippen molar-refractivity contribution in [2.24, 2.45) is 11.7 Å². The van der Waals surface area contributed by atoms with Crippen LogP contribution in [0.1, 0.15) is 23.2 Å². The second-order valence-electron chi connectivity index (χ2n) is 4.53. The van der Waals surface area contributed by atoms with Gasteiger partial charge in [-0.15, -0.1) is 0 Å². The highest BCUT2D eigenvalue weighted by Crippen LogP contribution is 2.32. The number of carbonyl (C=O) groups excluding carboxylic acids is 1. The molecule has 1 saturated carbocycles. The maximum Gasteiger partial charge on any atom is 0.387 e. The molecular formula is C13H16F2N2O2. The summed E-state index contributed by atoms with van der Waals surface area (Å²) in [6, 6.07) is 5.83. The number of nitrogens with two attached hydrogens (primary N) is 1. The van der Waals surface area contributed by atoms with Gasteiger partial charge in [-0.3, -0.25) is 4.79 Å². The number of hydrogen-bond acceptors (Lipinski definition) is 3. The van der Waals surface area contributed by atoms with Crippen LogP contribution in [0.25, 0.3) is 0 Å². The molecule has 3 N–H and O–H groups in total. The molecule has 1 atom stereocenters. The maximum absolute atomic E-state index is 12.3. The number of halogens is 2. The average molecular weight is 270 g/mol. The summed E-state index contributed by atoms with van der Waals surface area (Å²) in [6.07, 6.45) is 2.08. The van der Waals surface area contributed by atoms with Gasteiger partial charge >= 0.3 is 6.61 Å². The number of carbonyl (C=O) groups is 1. The van der Waals surface area contributed by atoms with Crippen LogP contribution in [0.3, 0.4) is 0 Å². The Labute approximate surface area is 109 Å². The highest BCUT2D eigenvalue weighted by atomic mass is 19.3. The van der Waals surface area contributed by atoms with Crippen molar-refractivity contribution in [3.63, 3.8) is 0 Å². The van der Waals surface area contributed by atoms with Crippen LogP contribution in [-0.4, -0.2) is 25.1 Å². The minimum absolute atomic E-state index is 0.0990. The second-order valence-corrected chi connectivity index (χ2v) is 4.53. The molecule has 4 nitrogen and oxygen atoms in total. The van der Waals surface area contributed by atoms with Gasteiger partial charge in [0.05, 0.1) is 5.56 Å². The molecule has 1 amide bonds. The van der Waals surface area contributed by atoms with Crippen LogP contribution in [0, 0.1) is 5.92 Å². The molecule has 1 aromatic rings. The van der Waals surface area contributed by atoms with E-state index in [1.807, 2.05) is 0 Å². The summed E-state index contributed by atoms with van der Waals surface area (Å²) in [5, 5.41) is 2.77. The molecule has 1 aliphatic carbocycles. The molecule has 0 heterocycles. The Morgan fingerprint density at radius 1 is 1.42 bits per heavy atom. The van der Waals surface area contributed by atoms with E-state index >= 15 is 0 Å². The number of benzene rings is 1. The molecule has 1 aliphatic rings. The van der Waals surface area contributed by atoms with Crippen LogP contribution >= 0.6 is 0 Å². The van der Waals surface area contributed by atoms with Crippen molar-refractivity contribution in [3.05, 3.63) is 29.8 Å². The predicted molar refractivity (Wildman–Crippen MR) is 66.1 cm³/mol. The zero-order valence-electron chi connectivity index (χ0n) is 10.3. The van der Waals surface area contributed by atoms with E-state index in [0.29, 0.717) is 12.5 Å². The summed E-state index contributed by atoms with van der Waals surface area (Å²) in [5.74, 6) is -0.155. The summed E-state index contributed by atoms with van der Waals surface area (Å²) in [7, 11) is 0. The molecule has 19 heavy (non-hydrogen) atoms. The third-order valence-corrected chi connectivity index (χ3v) is 3.11. The Kier molecular flexibility index (Phi) is 4.31. The first kappa shape index (κ1) is 13.7. The largest absolute Gasteiger partial charge is 0.434 e. The van der Waals surface area contributed by atoms with Gasteiger partial charge in [-0.2, -0.15) is 8.78 Å². The molecule has 0 saturated heterocycles. The Hall–Kier alpha value is -1.69. The van der Waals surface area contributed by atoms with Gasteiger partial charge in [-0.1, -0.05) is 12.1 Å². The molecule has 0 aliphatic heterocycles. The highest BCUT2D eigenvalue weighted by Gasteiger charge is 2.31. The van der Waals surface area contributed by atoms with Gasteiger partial charge in [0.1, 0.15) is 5.75 Å². The van der Waals surface area contributed by atoms with Gasteiger partial charge in [-0.25, -0.2) is 0 Å². The lowest BCUT2D eigenvalue weighted by Crippen LogP contribution is -2.41.